The first-order valence-corrected chi connectivity index (χ1v) is 3.48. The van der Waals surface area contributed by atoms with E-state index in [9.17, 15) is 4.79 Å². The second kappa shape index (κ2) is 8.63. The molecule has 0 spiro atoms. The average molecular weight is 148 g/mol. The first-order chi connectivity index (χ1) is 5.41. The number of aldehydes is 1. The van der Waals surface area contributed by atoms with Gasteiger partial charge in [0, 0.05) is 0 Å². The molecule has 0 saturated carbocycles. The van der Waals surface area contributed by atoms with Crippen molar-refractivity contribution in [3.8, 4) is 0 Å². The molecule has 0 saturated heterocycles. The Kier molecular flexibility index (Phi) is 7.56. The van der Waals surface area contributed by atoms with Gasteiger partial charge in [0.2, 0.25) is 0 Å². The van der Waals surface area contributed by atoms with E-state index >= 15 is 0 Å². The van der Waals surface area contributed by atoms with E-state index in [0.29, 0.717) is 0 Å². The molecule has 1 heteroatoms. The second-order valence-electron chi connectivity index (χ2n) is 1.82. The average Bonchev–Trinajstić information content (AvgIpc) is 2.03. The SMILES string of the molecule is C/C=C/C=C/C=C/C=C/C=O. The Balaban J connectivity index is 3.59. The first kappa shape index (κ1) is 9.63. The van der Waals surface area contributed by atoms with Crippen LogP contribution in [0.3, 0.4) is 0 Å². The molecule has 0 fully saturated rings. The maximum Gasteiger partial charge on any atom is 0.142 e. The Morgan fingerprint density at radius 1 is 0.727 bits per heavy atom. The van der Waals surface area contributed by atoms with Crippen LogP contribution in [-0.2, 0) is 4.79 Å². The molecular weight excluding hydrogens is 136 g/mol. The van der Waals surface area contributed by atoms with Crippen molar-refractivity contribution in [2.24, 2.45) is 0 Å². The molecule has 0 amide bonds. The van der Waals surface area contributed by atoms with Crippen LogP contribution in [0.2, 0.25) is 0 Å². The standard InChI is InChI=1S/C10H12O/c1-2-3-4-5-6-7-8-9-10-11/h2-10H,1H3/b3-2+,5-4+,7-6+,9-8+. The fourth-order valence-electron chi connectivity index (χ4n) is 0.477. The third kappa shape index (κ3) is 8.63. The lowest BCUT2D eigenvalue weighted by atomic mass is 10.4. The number of hydrogen-bond donors (Lipinski definition) is 0. The summed E-state index contributed by atoms with van der Waals surface area (Å²) in [5.74, 6) is 0. The van der Waals surface area contributed by atoms with Gasteiger partial charge in [-0.3, -0.25) is 4.79 Å². The zero-order valence-electron chi connectivity index (χ0n) is 6.60. The zero-order valence-corrected chi connectivity index (χ0v) is 6.60. The monoisotopic (exact) mass is 148 g/mol. The van der Waals surface area contributed by atoms with Gasteiger partial charge in [-0.2, -0.15) is 0 Å². The van der Waals surface area contributed by atoms with Crippen LogP contribution in [0, 0.1) is 0 Å². The van der Waals surface area contributed by atoms with Gasteiger partial charge in [-0.15, -0.1) is 0 Å². The van der Waals surface area contributed by atoms with E-state index in [0.717, 1.165) is 6.29 Å². The molecule has 0 radical (unpaired) electrons. The summed E-state index contributed by atoms with van der Waals surface area (Å²) in [6.07, 6.45) is 15.3. The fourth-order valence-corrected chi connectivity index (χ4v) is 0.477. The molecule has 1 nitrogen and oxygen atoms in total. The van der Waals surface area contributed by atoms with Crippen LogP contribution < -0.4 is 0 Å². The molecule has 0 atom stereocenters. The van der Waals surface area contributed by atoms with E-state index in [1.54, 1.807) is 12.2 Å². The summed E-state index contributed by atoms with van der Waals surface area (Å²) in [6, 6.07) is 0. The van der Waals surface area contributed by atoms with Gasteiger partial charge in [-0.05, 0) is 13.0 Å². The summed E-state index contributed by atoms with van der Waals surface area (Å²) in [6.45, 7) is 1.96. The number of hydrogen-bond acceptors (Lipinski definition) is 1. The summed E-state index contributed by atoms with van der Waals surface area (Å²) in [4.78, 5) is 9.79. The molecule has 0 aromatic rings. The Morgan fingerprint density at radius 3 is 1.64 bits per heavy atom. The molecule has 0 bridgehead atoms. The third-order valence-electron chi connectivity index (χ3n) is 0.938. The van der Waals surface area contributed by atoms with Crippen molar-refractivity contribution < 1.29 is 4.79 Å². The quantitative estimate of drug-likeness (QED) is 0.340. The van der Waals surface area contributed by atoms with E-state index in [4.69, 9.17) is 0 Å². The first-order valence-electron chi connectivity index (χ1n) is 3.48. The highest BCUT2D eigenvalue weighted by molar-refractivity contribution is 5.65. The molecule has 0 aliphatic carbocycles. The van der Waals surface area contributed by atoms with Gasteiger partial charge in [0.1, 0.15) is 6.29 Å². The van der Waals surface area contributed by atoms with Crippen molar-refractivity contribution in [2.75, 3.05) is 0 Å². The molecular formula is C10H12O. The lowest BCUT2D eigenvalue weighted by molar-refractivity contribution is -0.104. The molecule has 0 unspecified atom stereocenters. The predicted octanol–water partition coefficient (Wildman–Crippen LogP) is 2.43. The summed E-state index contributed by atoms with van der Waals surface area (Å²) in [5, 5.41) is 0. The molecule has 0 aromatic carbocycles. The summed E-state index contributed by atoms with van der Waals surface area (Å²) in [7, 11) is 0. The maximum absolute atomic E-state index is 9.79. The van der Waals surface area contributed by atoms with Gasteiger partial charge < -0.3 is 0 Å². The summed E-state index contributed by atoms with van der Waals surface area (Å²) < 4.78 is 0. The zero-order chi connectivity index (χ0) is 8.36. The van der Waals surface area contributed by atoms with E-state index in [1.165, 1.54) is 6.08 Å². The summed E-state index contributed by atoms with van der Waals surface area (Å²) >= 11 is 0. The minimum atomic E-state index is 0.750. The van der Waals surface area contributed by atoms with Gasteiger partial charge in [0.25, 0.3) is 0 Å². The molecule has 0 heterocycles. The third-order valence-corrected chi connectivity index (χ3v) is 0.938. The topological polar surface area (TPSA) is 17.1 Å². The highest BCUT2D eigenvalue weighted by Gasteiger charge is 1.61. The normalized spacial score (nSPS) is 12.8. The molecule has 0 rings (SSSR count). The van der Waals surface area contributed by atoms with Crippen LogP contribution in [0.1, 0.15) is 6.92 Å². The van der Waals surface area contributed by atoms with Crippen molar-refractivity contribution in [3.63, 3.8) is 0 Å². The van der Waals surface area contributed by atoms with E-state index in [1.807, 2.05) is 37.3 Å². The number of allylic oxidation sites excluding steroid dienone is 8. The second-order valence-corrected chi connectivity index (χ2v) is 1.82. The Hall–Kier alpha value is -1.37. The molecule has 11 heavy (non-hydrogen) atoms. The van der Waals surface area contributed by atoms with E-state index < -0.39 is 0 Å². The van der Waals surface area contributed by atoms with Gasteiger partial charge in [0.05, 0.1) is 0 Å². The number of rotatable bonds is 4. The molecule has 0 aliphatic heterocycles. The number of carbonyl (C=O) groups excluding carboxylic acids is 1. The molecule has 0 N–H and O–H groups in total. The highest BCUT2D eigenvalue weighted by atomic mass is 16.1. The minimum absolute atomic E-state index is 0.750. The van der Waals surface area contributed by atoms with E-state index in [2.05, 4.69) is 0 Å². The fraction of sp³-hybridized carbons (Fsp3) is 0.100. The minimum Gasteiger partial charge on any atom is -0.299 e. The lowest BCUT2D eigenvalue weighted by Crippen LogP contribution is -1.55. The summed E-state index contributed by atoms with van der Waals surface area (Å²) in [5.41, 5.74) is 0. The lowest BCUT2D eigenvalue weighted by Gasteiger charge is -1.71. The Labute approximate surface area is 67.4 Å². The van der Waals surface area contributed by atoms with Crippen LogP contribution in [0.4, 0.5) is 0 Å². The Bertz CT molecular complexity index is 195. The van der Waals surface area contributed by atoms with Gasteiger partial charge >= 0.3 is 0 Å². The highest BCUT2D eigenvalue weighted by Crippen LogP contribution is 1.80. The van der Waals surface area contributed by atoms with Gasteiger partial charge in [-0.25, -0.2) is 0 Å². The van der Waals surface area contributed by atoms with Crippen molar-refractivity contribution in [2.45, 2.75) is 6.92 Å². The maximum atomic E-state index is 9.79. The largest absolute Gasteiger partial charge is 0.299 e. The van der Waals surface area contributed by atoms with Crippen LogP contribution >= 0.6 is 0 Å². The Morgan fingerprint density at radius 2 is 1.18 bits per heavy atom. The van der Waals surface area contributed by atoms with Crippen molar-refractivity contribution >= 4 is 6.29 Å². The van der Waals surface area contributed by atoms with Crippen LogP contribution in [0.5, 0.6) is 0 Å². The van der Waals surface area contributed by atoms with Gasteiger partial charge in [-0.1, -0.05) is 42.5 Å². The number of carbonyl (C=O) groups is 1. The van der Waals surface area contributed by atoms with Crippen LogP contribution in [0.15, 0.2) is 48.6 Å². The van der Waals surface area contributed by atoms with Crippen molar-refractivity contribution in [1.29, 1.82) is 0 Å². The van der Waals surface area contributed by atoms with Crippen LogP contribution in [-0.4, -0.2) is 6.29 Å². The van der Waals surface area contributed by atoms with Gasteiger partial charge in [0.15, 0.2) is 0 Å². The smallest absolute Gasteiger partial charge is 0.142 e. The molecule has 0 aromatic heterocycles. The van der Waals surface area contributed by atoms with Crippen LogP contribution in [0.25, 0.3) is 0 Å². The van der Waals surface area contributed by atoms with Crippen molar-refractivity contribution in [3.05, 3.63) is 48.6 Å². The predicted molar refractivity (Wildman–Crippen MR) is 48.3 cm³/mol. The van der Waals surface area contributed by atoms with E-state index in [-0.39, 0.29) is 0 Å². The molecule has 58 valence electrons. The molecule has 0 aliphatic rings. The van der Waals surface area contributed by atoms with Crippen molar-refractivity contribution in [1.82, 2.24) is 0 Å².